The maximum atomic E-state index is 12.6. The van der Waals surface area contributed by atoms with Gasteiger partial charge in [0.15, 0.2) is 0 Å². The lowest BCUT2D eigenvalue weighted by Crippen LogP contribution is -2.14. The molecule has 1 aliphatic rings. The van der Waals surface area contributed by atoms with Crippen molar-refractivity contribution in [2.45, 2.75) is 18.2 Å². The molecule has 0 radical (unpaired) electrons. The number of allylic oxidation sites excluding steroid dienone is 2. The Morgan fingerprint density at radius 3 is 2.72 bits per heavy atom. The van der Waals surface area contributed by atoms with Crippen LogP contribution in [0.1, 0.15) is 16.7 Å². The van der Waals surface area contributed by atoms with Gasteiger partial charge >= 0.3 is 0 Å². The number of nitrogens with zero attached hydrogens (tertiary/aromatic N) is 2. The second-order valence-electron chi connectivity index (χ2n) is 5.58. The largest absolute Gasteiger partial charge is 0.279 e. The van der Waals surface area contributed by atoms with E-state index in [4.69, 9.17) is 0 Å². The van der Waals surface area contributed by atoms with Gasteiger partial charge in [0.2, 0.25) is 0 Å². The molecule has 7 nitrogen and oxygen atoms in total. The lowest BCUT2D eigenvalue weighted by Gasteiger charge is -2.14. The van der Waals surface area contributed by atoms with E-state index < -0.39 is 14.9 Å². The first kappa shape index (κ1) is 16.7. The van der Waals surface area contributed by atoms with Crippen LogP contribution in [0.25, 0.3) is 5.57 Å². The SMILES string of the molecule is Cc1ccc(NS(=O)(=O)c2cccc([N+](=O)[O-])c2)c2c1C(C#N)=CC2. The van der Waals surface area contributed by atoms with E-state index in [1.165, 1.54) is 18.2 Å². The van der Waals surface area contributed by atoms with Crippen molar-refractivity contribution in [3.63, 3.8) is 0 Å². The number of hydrogen-bond acceptors (Lipinski definition) is 5. The normalized spacial score (nSPS) is 12.9. The average molecular weight is 355 g/mol. The fraction of sp³-hybridized carbons (Fsp3) is 0.118. The summed E-state index contributed by atoms with van der Waals surface area (Å²) in [7, 11) is -3.99. The highest BCUT2D eigenvalue weighted by Crippen LogP contribution is 2.36. The molecule has 0 heterocycles. The van der Waals surface area contributed by atoms with Gasteiger partial charge in [0, 0.05) is 17.7 Å². The molecule has 3 rings (SSSR count). The third-order valence-corrected chi connectivity index (χ3v) is 5.37. The van der Waals surface area contributed by atoms with E-state index in [1.54, 1.807) is 18.2 Å². The first-order chi connectivity index (χ1) is 11.8. The summed E-state index contributed by atoms with van der Waals surface area (Å²) in [6.45, 7) is 1.86. The van der Waals surface area contributed by atoms with Gasteiger partial charge in [-0.05, 0) is 36.6 Å². The van der Waals surface area contributed by atoms with Crippen molar-refractivity contribution >= 4 is 27.0 Å². The van der Waals surface area contributed by atoms with Crippen LogP contribution in [-0.2, 0) is 16.4 Å². The minimum atomic E-state index is -3.99. The van der Waals surface area contributed by atoms with E-state index in [0.717, 1.165) is 22.8 Å². The van der Waals surface area contributed by atoms with E-state index in [0.29, 0.717) is 17.7 Å². The highest BCUT2D eigenvalue weighted by atomic mass is 32.2. The zero-order valence-electron chi connectivity index (χ0n) is 13.2. The standard InChI is InChI=1S/C17H13N3O4S/c1-11-5-8-16(15-7-6-12(10-18)17(11)15)19-25(23,24)14-4-2-3-13(9-14)20(21)22/h2-6,8-9,19H,7H2,1H3. The summed E-state index contributed by atoms with van der Waals surface area (Å²) >= 11 is 0. The van der Waals surface area contributed by atoms with Crippen LogP contribution in [-0.4, -0.2) is 13.3 Å². The van der Waals surface area contributed by atoms with Gasteiger partial charge in [0.1, 0.15) is 0 Å². The summed E-state index contributed by atoms with van der Waals surface area (Å²) in [6, 6.07) is 10.3. The molecule has 0 aromatic heterocycles. The summed E-state index contributed by atoms with van der Waals surface area (Å²) < 4.78 is 27.7. The Bertz CT molecular complexity index is 1070. The van der Waals surface area contributed by atoms with Crippen LogP contribution in [0.4, 0.5) is 11.4 Å². The van der Waals surface area contributed by atoms with Crippen LogP contribution < -0.4 is 4.72 Å². The molecule has 1 aliphatic carbocycles. The Morgan fingerprint density at radius 1 is 1.28 bits per heavy atom. The third kappa shape index (κ3) is 2.97. The van der Waals surface area contributed by atoms with Crippen molar-refractivity contribution < 1.29 is 13.3 Å². The van der Waals surface area contributed by atoms with Crippen LogP contribution in [0.3, 0.4) is 0 Å². The molecule has 2 aromatic rings. The number of fused-ring (bicyclic) bond motifs is 1. The van der Waals surface area contributed by atoms with E-state index in [-0.39, 0.29) is 10.6 Å². The molecule has 0 fully saturated rings. The van der Waals surface area contributed by atoms with Gasteiger partial charge in [-0.25, -0.2) is 8.42 Å². The van der Waals surface area contributed by atoms with Gasteiger partial charge in [-0.15, -0.1) is 0 Å². The molecule has 0 saturated carbocycles. The van der Waals surface area contributed by atoms with Crippen molar-refractivity contribution in [1.82, 2.24) is 0 Å². The molecular weight excluding hydrogens is 342 g/mol. The van der Waals surface area contributed by atoms with Gasteiger partial charge in [0.05, 0.1) is 27.1 Å². The highest BCUT2D eigenvalue weighted by Gasteiger charge is 2.23. The maximum Gasteiger partial charge on any atom is 0.270 e. The van der Waals surface area contributed by atoms with Crippen molar-refractivity contribution in [3.8, 4) is 6.07 Å². The quantitative estimate of drug-likeness (QED) is 0.668. The molecule has 8 heteroatoms. The molecule has 0 spiro atoms. The lowest BCUT2D eigenvalue weighted by molar-refractivity contribution is -0.385. The lowest BCUT2D eigenvalue weighted by atomic mass is 9.99. The highest BCUT2D eigenvalue weighted by molar-refractivity contribution is 7.92. The zero-order valence-corrected chi connectivity index (χ0v) is 14.0. The van der Waals surface area contributed by atoms with Crippen LogP contribution in [0.2, 0.25) is 0 Å². The fourth-order valence-corrected chi connectivity index (χ4v) is 3.96. The number of nitriles is 1. The minimum absolute atomic E-state index is 0.192. The Morgan fingerprint density at radius 2 is 2.04 bits per heavy atom. The summed E-state index contributed by atoms with van der Waals surface area (Å²) in [4.78, 5) is 10.0. The first-order valence-electron chi connectivity index (χ1n) is 7.34. The first-order valence-corrected chi connectivity index (χ1v) is 8.82. The van der Waals surface area contributed by atoms with Crippen LogP contribution in [0.15, 0.2) is 47.4 Å². The summed E-state index contributed by atoms with van der Waals surface area (Å²) in [5.74, 6) is 0. The number of anilines is 1. The molecule has 2 aromatic carbocycles. The summed E-state index contributed by atoms with van der Waals surface area (Å²) in [5.41, 5.74) is 2.94. The monoisotopic (exact) mass is 355 g/mol. The molecule has 126 valence electrons. The number of sulfonamides is 1. The number of nitro benzene ring substituents is 1. The van der Waals surface area contributed by atoms with E-state index in [1.807, 2.05) is 6.92 Å². The summed E-state index contributed by atoms with van der Waals surface area (Å²) in [5, 5.41) is 20.1. The molecule has 0 atom stereocenters. The molecule has 0 unspecified atom stereocenters. The van der Waals surface area contributed by atoms with Gasteiger partial charge in [-0.3, -0.25) is 14.8 Å². The molecular formula is C17H13N3O4S. The number of benzene rings is 2. The van der Waals surface area contributed by atoms with Crippen LogP contribution in [0.5, 0.6) is 0 Å². The van der Waals surface area contributed by atoms with E-state index in [9.17, 15) is 23.8 Å². The number of nitro groups is 1. The minimum Gasteiger partial charge on any atom is -0.279 e. The van der Waals surface area contributed by atoms with Crippen LogP contribution in [0, 0.1) is 28.4 Å². The number of nitrogens with one attached hydrogen (secondary N) is 1. The number of hydrogen-bond donors (Lipinski definition) is 1. The van der Waals surface area contributed by atoms with Gasteiger partial charge in [-0.2, -0.15) is 5.26 Å². The predicted octanol–water partition coefficient (Wildman–Crippen LogP) is 3.17. The van der Waals surface area contributed by atoms with Crippen molar-refractivity contribution in [1.29, 1.82) is 5.26 Å². The second-order valence-corrected chi connectivity index (χ2v) is 7.26. The average Bonchev–Trinajstić information content (AvgIpc) is 3.02. The van der Waals surface area contributed by atoms with Crippen molar-refractivity contribution in [3.05, 3.63) is 69.3 Å². The van der Waals surface area contributed by atoms with Crippen molar-refractivity contribution in [2.75, 3.05) is 4.72 Å². The van der Waals surface area contributed by atoms with Gasteiger partial charge in [-0.1, -0.05) is 18.2 Å². The molecule has 25 heavy (non-hydrogen) atoms. The third-order valence-electron chi connectivity index (χ3n) is 4.00. The Hall–Kier alpha value is -3.18. The number of aryl methyl sites for hydroxylation is 1. The zero-order chi connectivity index (χ0) is 18.2. The van der Waals surface area contributed by atoms with Crippen molar-refractivity contribution in [2.24, 2.45) is 0 Å². The molecule has 0 aliphatic heterocycles. The van der Waals surface area contributed by atoms with Crippen LogP contribution >= 0.6 is 0 Å². The van der Waals surface area contributed by atoms with E-state index >= 15 is 0 Å². The number of rotatable bonds is 4. The molecule has 1 N–H and O–H groups in total. The molecule has 0 bridgehead atoms. The smallest absolute Gasteiger partial charge is 0.270 e. The van der Waals surface area contributed by atoms with E-state index in [2.05, 4.69) is 10.8 Å². The number of non-ortho nitro benzene ring substituents is 1. The molecule has 0 saturated heterocycles. The van der Waals surface area contributed by atoms with Gasteiger partial charge in [0.25, 0.3) is 15.7 Å². The Balaban J connectivity index is 2.02. The molecule has 0 amide bonds. The maximum absolute atomic E-state index is 12.6. The summed E-state index contributed by atoms with van der Waals surface area (Å²) in [6.07, 6.45) is 2.20. The Labute approximate surface area is 144 Å². The topological polar surface area (TPSA) is 113 Å². The fourth-order valence-electron chi connectivity index (χ4n) is 2.82. The van der Waals surface area contributed by atoms with Gasteiger partial charge < -0.3 is 0 Å². The predicted molar refractivity (Wildman–Crippen MR) is 92.4 cm³/mol. The Kier molecular flexibility index (Phi) is 4.02. The second kappa shape index (κ2) is 6.03.